The first-order valence-corrected chi connectivity index (χ1v) is 6.83. The van der Waals surface area contributed by atoms with Crippen LogP contribution in [0.4, 0.5) is 14.6 Å². The maximum absolute atomic E-state index is 13.5. The molecule has 1 atom stereocenters. The van der Waals surface area contributed by atoms with E-state index in [9.17, 15) is 18.4 Å². The summed E-state index contributed by atoms with van der Waals surface area (Å²) in [5.41, 5.74) is -0.850. The Morgan fingerprint density at radius 1 is 1.22 bits per heavy atom. The number of nitrogens with one attached hydrogen (secondary N) is 1. The molecule has 0 saturated carbocycles. The van der Waals surface area contributed by atoms with Crippen LogP contribution in [0.5, 0.6) is 0 Å². The van der Waals surface area contributed by atoms with Crippen molar-refractivity contribution in [3.8, 4) is 0 Å². The number of halogens is 3. The minimum atomic E-state index is -1.28. The van der Waals surface area contributed by atoms with Gasteiger partial charge in [0.05, 0.1) is 5.02 Å². The number of hydrogen-bond acceptors (Lipinski definition) is 4. The molecule has 8 heteroatoms. The molecule has 1 aromatic heterocycles. The number of aromatic nitrogens is 1. The molecule has 1 amide bonds. The van der Waals surface area contributed by atoms with Crippen molar-refractivity contribution in [2.75, 3.05) is 5.32 Å². The fourth-order valence-electron chi connectivity index (χ4n) is 1.64. The quantitative estimate of drug-likeness (QED) is 0.868. The summed E-state index contributed by atoms with van der Waals surface area (Å²) in [5, 5.41) is 2.77. The lowest BCUT2D eigenvalue weighted by Crippen LogP contribution is -2.30. The highest BCUT2D eigenvalue weighted by Gasteiger charge is 2.24. The molecule has 0 aliphatic carbocycles. The average Bonchev–Trinajstić information content (AvgIpc) is 2.49. The summed E-state index contributed by atoms with van der Waals surface area (Å²) in [6, 6.07) is 5.91. The van der Waals surface area contributed by atoms with Crippen LogP contribution in [0, 0.1) is 11.6 Å². The van der Waals surface area contributed by atoms with Crippen LogP contribution in [0.1, 0.15) is 17.3 Å². The van der Waals surface area contributed by atoms with Gasteiger partial charge in [-0.3, -0.25) is 4.79 Å². The normalized spacial score (nSPS) is 11.7. The van der Waals surface area contributed by atoms with Crippen LogP contribution in [0.2, 0.25) is 5.02 Å². The number of benzene rings is 1. The summed E-state index contributed by atoms with van der Waals surface area (Å²) in [6.45, 7) is 1.27. The predicted molar refractivity (Wildman–Crippen MR) is 79.1 cm³/mol. The maximum atomic E-state index is 13.5. The van der Waals surface area contributed by atoms with E-state index in [-0.39, 0.29) is 5.82 Å². The molecule has 0 fully saturated rings. The molecule has 1 heterocycles. The molecule has 120 valence electrons. The van der Waals surface area contributed by atoms with Crippen molar-refractivity contribution in [1.82, 2.24) is 4.98 Å². The first-order valence-electron chi connectivity index (χ1n) is 6.46. The van der Waals surface area contributed by atoms with E-state index in [1.807, 2.05) is 0 Å². The second-order valence-electron chi connectivity index (χ2n) is 4.50. The zero-order valence-electron chi connectivity index (χ0n) is 11.8. The fourth-order valence-corrected chi connectivity index (χ4v) is 1.76. The third-order valence-corrected chi connectivity index (χ3v) is 3.02. The summed E-state index contributed by atoms with van der Waals surface area (Å²) in [5.74, 6) is -3.92. The first-order chi connectivity index (χ1) is 10.9. The van der Waals surface area contributed by atoms with Crippen molar-refractivity contribution in [3.63, 3.8) is 0 Å². The van der Waals surface area contributed by atoms with Gasteiger partial charge in [0.15, 0.2) is 6.10 Å². The van der Waals surface area contributed by atoms with Gasteiger partial charge in [0, 0.05) is 6.20 Å². The van der Waals surface area contributed by atoms with Gasteiger partial charge in [-0.25, -0.2) is 18.6 Å². The van der Waals surface area contributed by atoms with E-state index >= 15 is 0 Å². The second-order valence-corrected chi connectivity index (χ2v) is 4.93. The number of pyridine rings is 1. The van der Waals surface area contributed by atoms with E-state index in [4.69, 9.17) is 16.3 Å². The van der Waals surface area contributed by atoms with Gasteiger partial charge in [-0.05, 0) is 31.2 Å². The molecule has 1 aromatic carbocycles. The Balaban J connectivity index is 2.03. The number of hydrogen-bond donors (Lipinski definition) is 1. The van der Waals surface area contributed by atoms with Crippen LogP contribution < -0.4 is 5.32 Å². The summed E-state index contributed by atoms with van der Waals surface area (Å²) in [4.78, 5) is 27.5. The van der Waals surface area contributed by atoms with Crippen molar-refractivity contribution in [2.24, 2.45) is 0 Å². The number of rotatable bonds is 4. The molecule has 1 N–H and O–H groups in total. The number of esters is 1. The van der Waals surface area contributed by atoms with Crippen LogP contribution in [0.15, 0.2) is 36.5 Å². The number of amides is 1. The van der Waals surface area contributed by atoms with E-state index < -0.39 is 35.2 Å². The Hall–Kier alpha value is -2.54. The third-order valence-electron chi connectivity index (χ3n) is 2.80. The van der Waals surface area contributed by atoms with Crippen LogP contribution in [-0.4, -0.2) is 23.0 Å². The summed E-state index contributed by atoms with van der Waals surface area (Å²) in [7, 11) is 0. The molecule has 23 heavy (non-hydrogen) atoms. The Morgan fingerprint density at radius 2 is 1.87 bits per heavy atom. The Bertz CT molecular complexity index is 718. The van der Waals surface area contributed by atoms with E-state index in [0.717, 1.165) is 18.2 Å². The minimum Gasteiger partial charge on any atom is -0.449 e. The molecule has 5 nitrogen and oxygen atoms in total. The number of carbonyl (C=O) groups is 2. The average molecular weight is 341 g/mol. The standard InChI is InChI=1S/C15H11ClF2N2O3/c1-8(14(21)20-12-6-5-9(16)7-19-12)23-15(22)13-10(17)3-2-4-11(13)18/h2-8H,1H3,(H,19,20,21)/t8-/m0/s1. The smallest absolute Gasteiger partial charge is 0.344 e. The summed E-state index contributed by atoms with van der Waals surface area (Å²) < 4.78 is 31.7. The van der Waals surface area contributed by atoms with Gasteiger partial charge >= 0.3 is 5.97 Å². The molecule has 2 rings (SSSR count). The highest BCUT2D eigenvalue weighted by molar-refractivity contribution is 6.30. The van der Waals surface area contributed by atoms with Crippen LogP contribution in [0.25, 0.3) is 0 Å². The second kappa shape index (κ2) is 7.15. The van der Waals surface area contributed by atoms with E-state index in [1.165, 1.54) is 25.3 Å². The number of nitrogens with zero attached hydrogens (tertiary/aromatic N) is 1. The Morgan fingerprint density at radius 3 is 2.43 bits per heavy atom. The third kappa shape index (κ3) is 4.23. The first kappa shape index (κ1) is 16.8. The maximum Gasteiger partial charge on any atom is 0.344 e. The van der Waals surface area contributed by atoms with Crippen molar-refractivity contribution in [1.29, 1.82) is 0 Å². The lowest BCUT2D eigenvalue weighted by Gasteiger charge is -2.13. The number of anilines is 1. The highest BCUT2D eigenvalue weighted by Crippen LogP contribution is 2.15. The fraction of sp³-hybridized carbons (Fsp3) is 0.133. The molecule has 0 bridgehead atoms. The van der Waals surface area contributed by atoms with Gasteiger partial charge in [-0.2, -0.15) is 0 Å². The van der Waals surface area contributed by atoms with Crippen LogP contribution >= 0.6 is 11.6 Å². The van der Waals surface area contributed by atoms with Crippen molar-refractivity contribution >= 4 is 29.3 Å². The lowest BCUT2D eigenvalue weighted by atomic mass is 10.2. The van der Waals surface area contributed by atoms with Crippen molar-refractivity contribution in [2.45, 2.75) is 13.0 Å². The van der Waals surface area contributed by atoms with Gasteiger partial charge in [0.25, 0.3) is 5.91 Å². The molecule has 0 aliphatic rings. The van der Waals surface area contributed by atoms with Crippen LogP contribution in [-0.2, 0) is 9.53 Å². The van der Waals surface area contributed by atoms with Crippen molar-refractivity contribution < 1.29 is 23.1 Å². The summed E-state index contributed by atoms with van der Waals surface area (Å²) >= 11 is 5.66. The van der Waals surface area contributed by atoms with Gasteiger partial charge in [-0.15, -0.1) is 0 Å². The molecule has 0 aliphatic heterocycles. The number of ether oxygens (including phenoxy) is 1. The molecular weight excluding hydrogens is 330 g/mol. The Kier molecular flexibility index (Phi) is 5.23. The largest absolute Gasteiger partial charge is 0.449 e. The molecule has 0 unspecified atom stereocenters. The highest BCUT2D eigenvalue weighted by atomic mass is 35.5. The molecule has 0 saturated heterocycles. The predicted octanol–water partition coefficient (Wildman–Crippen LogP) is 3.20. The van der Waals surface area contributed by atoms with Crippen molar-refractivity contribution in [3.05, 3.63) is 58.7 Å². The SMILES string of the molecule is C[C@H](OC(=O)c1c(F)cccc1F)C(=O)Nc1ccc(Cl)cn1. The van der Waals surface area contributed by atoms with Gasteiger partial charge < -0.3 is 10.1 Å². The van der Waals surface area contributed by atoms with Gasteiger partial charge in [-0.1, -0.05) is 17.7 Å². The number of carbonyl (C=O) groups excluding carboxylic acids is 2. The minimum absolute atomic E-state index is 0.194. The summed E-state index contributed by atoms with van der Waals surface area (Å²) in [6.07, 6.45) is 0.0433. The van der Waals surface area contributed by atoms with Crippen LogP contribution in [0.3, 0.4) is 0 Å². The van der Waals surface area contributed by atoms with Gasteiger partial charge in [0.2, 0.25) is 0 Å². The molecule has 2 aromatic rings. The van der Waals surface area contributed by atoms with Gasteiger partial charge in [0.1, 0.15) is 23.0 Å². The molecule has 0 radical (unpaired) electrons. The topological polar surface area (TPSA) is 68.3 Å². The van der Waals surface area contributed by atoms with E-state index in [2.05, 4.69) is 10.3 Å². The molecular formula is C15H11ClF2N2O3. The lowest BCUT2D eigenvalue weighted by molar-refractivity contribution is -0.123. The van der Waals surface area contributed by atoms with E-state index in [1.54, 1.807) is 0 Å². The zero-order valence-corrected chi connectivity index (χ0v) is 12.6. The zero-order chi connectivity index (χ0) is 17.0. The Labute approximate surface area is 135 Å². The monoisotopic (exact) mass is 340 g/mol. The molecule has 0 spiro atoms. The van der Waals surface area contributed by atoms with E-state index in [0.29, 0.717) is 5.02 Å².